The lowest BCUT2D eigenvalue weighted by Crippen LogP contribution is -2.00. The molecule has 0 aliphatic carbocycles. The van der Waals surface area contributed by atoms with Crippen LogP contribution < -0.4 is 5.46 Å². The second kappa shape index (κ2) is 3.26. The second-order valence-electron chi connectivity index (χ2n) is 3.47. The summed E-state index contributed by atoms with van der Waals surface area (Å²) in [5, 5.41) is 3.08. The maximum Gasteiger partial charge on any atom is 0.115 e. The van der Waals surface area contributed by atoms with Crippen molar-refractivity contribution in [1.82, 2.24) is 0 Å². The fourth-order valence-electron chi connectivity index (χ4n) is 1.82. The van der Waals surface area contributed by atoms with E-state index in [1.165, 1.54) is 10.1 Å². The first kappa shape index (κ1) is 9.26. The quantitative estimate of drug-likeness (QED) is 0.517. The average molecular weight is 229 g/mol. The van der Waals surface area contributed by atoms with E-state index in [0.717, 1.165) is 15.5 Å². The molecule has 0 amide bonds. The van der Waals surface area contributed by atoms with Gasteiger partial charge in [-0.2, -0.15) is 0 Å². The van der Waals surface area contributed by atoms with Crippen LogP contribution in [0, 0.1) is 0 Å². The Morgan fingerprint density at radius 2 is 1.87 bits per heavy atom. The summed E-state index contributed by atoms with van der Waals surface area (Å²) in [7, 11) is 5.95. The molecule has 3 heteroatoms. The Hall–Kier alpha value is -0.985. The smallest absolute Gasteiger partial charge is 0.115 e. The van der Waals surface area contributed by atoms with E-state index in [-0.39, 0.29) is 0 Å². The van der Waals surface area contributed by atoms with Crippen molar-refractivity contribution >= 4 is 56.4 Å². The molecule has 1 aromatic heterocycles. The number of halogens is 1. The van der Waals surface area contributed by atoms with Gasteiger partial charge in [-0.15, -0.1) is 11.3 Å². The summed E-state index contributed by atoms with van der Waals surface area (Å²) < 4.78 is 2.38. The molecular formula is C12H6BClS. The van der Waals surface area contributed by atoms with Crippen molar-refractivity contribution in [3.63, 3.8) is 0 Å². The van der Waals surface area contributed by atoms with Crippen LogP contribution in [-0.2, 0) is 0 Å². The van der Waals surface area contributed by atoms with Crippen LogP contribution >= 0.6 is 22.9 Å². The number of rotatable bonds is 0. The van der Waals surface area contributed by atoms with Crippen molar-refractivity contribution in [2.24, 2.45) is 0 Å². The maximum atomic E-state index is 6.01. The molecule has 0 spiro atoms. The van der Waals surface area contributed by atoms with Gasteiger partial charge in [-0.25, -0.2) is 0 Å². The lowest BCUT2D eigenvalue weighted by Gasteiger charge is -1.97. The number of hydrogen-bond donors (Lipinski definition) is 0. The van der Waals surface area contributed by atoms with Crippen molar-refractivity contribution in [2.75, 3.05) is 0 Å². The molecule has 0 aliphatic heterocycles. The van der Waals surface area contributed by atoms with Gasteiger partial charge in [0.1, 0.15) is 7.85 Å². The zero-order valence-corrected chi connectivity index (χ0v) is 9.40. The summed E-state index contributed by atoms with van der Waals surface area (Å²) >= 11 is 7.72. The van der Waals surface area contributed by atoms with Crippen LogP contribution in [0.25, 0.3) is 20.2 Å². The monoisotopic (exact) mass is 228 g/mol. The molecule has 2 aromatic carbocycles. The Morgan fingerprint density at radius 1 is 1.07 bits per heavy atom. The third-order valence-electron chi connectivity index (χ3n) is 2.47. The lowest BCUT2D eigenvalue weighted by molar-refractivity contribution is 1.85. The zero-order valence-electron chi connectivity index (χ0n) is 7.83. The summed E-state index contributed by atoms with van der Waals surface area (Å²) in [6.45, 7) is 0. The molecule has 0 fully saturated rings. The third-order valence-corrected chi connectivity index (χ3v) is 3.93. The highest BCUT2D eigenvalue weighted by molar-refractivity contribution is 7.26. The zero-order chi connectivity index (χ0) is 10.4. The molecule has 3 rings (SSSR count). The fraction of sp³-hybridized carbons (Fsp3) is 0. The molecule has 2 radical (unpaired) electrons. The van der Waals surface area contributed by atoms with Crippen molar-refractivity contribution < 1.29 is 0 Å². The van der Waals surface area contributed by atoms with E-state index in [2.05, 4.69) is 12.1 Å². The number of fused-ring (bicyclic) bond motifs is 3. The molecule has 1 heterocycles. The number of hydrogen-bond acceptors (Lipinski definition) is 1. The molecule has 0 atom stereocenters. The van der Waals surface area contributed by atoms with Crippen LogP contribution in [0.2, 0.25) is 5.02 Å². The van der Waals surface area contributed by atoms with Gasteiger partial charge in [0.25, 0.3) is 0 Å². The highest BCUT2D eigenvalue weighted by Gasteiger charge is 2.06. The van der Waals surface area contributed by atoms with Crippen molar-refractivity contribution in [1.29, 1.82) is 0 Å². The fourth-order valence-corrected chi connectivity index (χ4v) is 3.15. The van der Waals surface area contributed by atoms with E-state index < -0.39 is 0 Å². The van der Waals surface area contributed by atoms with Gasteiger partial charge in [-0.1, -0.05) is 35.3 Å². The first-order valence-corrected chi connectivity index (χ1v) is 5.81. The van der Waals surface area contributed by atoms with E-state index in [1.54, 1.807) is 17.4 Å². The van der Waals surface area contributed by atoms with Crippen LogP contribution in [0.3, 0.4) is 0 Å². The standard InChI is InChI=1S/C12H6BClS/c13-10-6-7(14)5-9-8-3-1-2-4-11(8)15-12(9)10/h1-6H. The Labute approximate surface area is 97.9 Å². The van der Waals surface area contributed by atoms with Gasteiger partial charge in [0, 0.05) is 25.2 Å². The van der Waals surface area contributed by atoms with E-state index in [9.17, 15) is 0 Å². The number of thiophene rings is 1. The normalized spacial score (nSPS) is 11.3. The minimum Gasteiger partial charge on any atom is -0.136 e. The second-order valence-corrected chi connectivity index (χ2v) is 4.96. The molecule has 15 heavy (non-hydrogen) atoms. The molecule has 0 nitrogen and oxygen atoms in total. The first-order chi connectivity index (χ1) is 7.25. The van der Waals surface area contributed by atoms with Gasteiger partial charge in [-0.05, 0) is 18.2 Å². The Balaban J connectivity index is 2.61. The van der Waals surface area contributed by atoms with Gasteiger partial charge in [0.2, 0.25) is 0 Å². The summed E-state index contributed by atoms with van der Waals surface area (Å²) in [6, 6.07) is 12.1. The van der Waals surface area contributed by atoms with Crippen LogP contribution in [0.15, 0.2) is 36.4 Å². The molecule has 70 valence electrons. The Kier molecular flexibility index (Phi) is 2.01. The molecule has 0 unspecified atom stereocenters. The SMILES string of the molecule is [B]c1cc(Cl)cc2c1sc1ccccc12. The molecule has 0 saturated heterocycles. The molecular weight excluding hydrogens is 222 g/mol. The van der Waals surface area contributed by atoms with Crippen LogP contribution in [0.4, 0.5) is 0 Å². The van der Waals surface area contributed by atoms with E-state index in [4.69, 9.17) is 19.4 Å². The summed E-state index contributed by atoms with van der Waals surface area (Å²) in [4.78, 5) is 0. The largest absolute Gasteiger partial charge is 0.136 e. The highest BCUT2D eigenvalue weighted by atomic mass is 35.5. The van der Waals surface area contributed by atoms with E-state index in [0.29, 0.717) is 5.02 Å². The topological polar surface area (TPSA) is 0 Å². The van der Waals surface area contributed by atoms with E-state index >= 15 is 0 Å². The highest BCUT2D eigenvalue weighted by Crippen LogP contribution is 2.33. The van der Waals surface area contributed by atoms with Crippen LogP contribution in [-0.4, -0.2) is 7.85 Å². The molecule has 0 saturated carbocycles. The van der Waals surface area contributed by atoms with Crippen molar-refractivity contribution in [3.8, 4) is 0 Å². The Morgan fingerprint density at radius 3 is 2.73 bits per heavy atom. The van der Waals surface area contributed by atoms with Gasteiger partial charge < -0.3 is 0 Å². The maximum absolute atomic E-state index is 6.01. The number of benzene rings is 2. The van der Waals surface area contributed by atoms with Crippen molar-refractivity contribution in [3.05, 3.63) is 41.4 Å². The Bertz CT molecular complexity index is 657. The predicted octanol–water partition coefficient (Wildman–Crippen LogP) is 3.50. The van der Waals surface area contributed by atoms with Crippen LogP contribution in [0.5, 0.6) is 0 Å². The minimum atomic E-state index is 0.698. The van der Waals surface area contributed by atoms with E-state index in [1.807, 2.05) is 18.2 Å². The lowest BCUT2D eigenvalue weighted by atomic mass is 9.94. The molecule has 0 aliphatic rings. The molecule has 3 aromatic rings. The van der Waals surface area contributed by atoms with Gasteiger partial charge in [-0.3, -0.25) is 0 Å². The van der Waals surface area contributed by atoms with Gasteiger partial charge in [0.05, 0.1) is 0 Å². The third kappa shape index (κ3) is 1.36. The van der Waals surface area contributed by atoms with Gasteiger partial charge >= 0.3 is 0 Å². The minimum absolute atomic E-state index is 0.698. The summed E-state index contributed by atoms with van der Waals surface area (Å²) in [5.74, 6) is 0. The predicted molar refractivity (Wildman–Crippen MR) is 69.7 cm³/mol. The molecule has 0 N–H and O–H groups in total. The summed E-state index contributed by atoms with van der Waals surface area (Å²) in [6.07, 6.45) is 0. The first-order valence-electron chi connectivity index (χ1n) is 4.62. The van der Waals surface area contributed by atoms with Crippen LogP contribution in [0.1, 0.15) is 0 Å². The summed E-state index contributed by atoms with van der Waals surface area (Å²) in [5.41, 5.74) is 0.763. The van der Waals surface area contributed by atoms with Gasteiger partial charge in [0.15, 0.2) is 0 Å². The average Bonchev–Trinajstić information content (AvgIpc) is 2.57. The molecule has 0 bridgehead atoms. The van der Waals surface area contributed by atoms with Crippen molar-refractivity contribution in [2.45, 2.75) is 0 Å².